The maximum absolute atomic E-state index is 6.85. The van der Waals surface area contributed by atoms with Gasteiger partial charge in [-0.25, -0.2) is 15.0 Å². The van der Waals surface area contributed by atoms with Gasteiger partial charge in [-0.3, -0.25) is 0 Å². The molecule has 4 fully saturated rings. The summed E-state index contributed by atoms with van der Waals surface area (Å²) in [7, 11) is 0. The Bertz CT molecular complexity index is 2330. The van der Waals surface area contributed by atoms with Crippen molar-refractivity contribution in [3.8, 4) is 45.4 Å². The van der Waals surface area contributed by atoms with Gasteiger partial charge in [-0.1, -0.05) is 109 Å². The van der Waals surface area contributed by atoms with E-state index in [4.69, 9.17) is 19.7 Å². The van der Waals surface area contributed by atoms with E-state index in [2.05, 4.69) is 121 Å². The average Bonchev–Trinajstić information content (AvgIpc) is 3.63. The highest BCUT2D eigenvalue weighted by molar-refractivity contribution is 5.88. The van der Waals surface area contributed by atoms with Crippen LogP contribution < -0.4 is 4.74 Å². The summed E-state index contributed by atoms with van der Waals surface area (Å²) in [5, 5.41) is 0. The summed E-state index contributed by atoms with van der Waals surface area (Å²) in [6.07, 6.45) is 7.99. The second-order valence-electron chi connectivity index (χ2n) is 15.9. The molecule has 1 aliphatic heterocycles. The van der Waals surface area contributed by atoms with Crippen LogP contribution in [0.25, 0.3) is 33.9 Å². The van der Waals surface area contributed by atoms with Crippen molar-refractivity contribution >= 4 is 0 Å². The molecule has 2 spiro atoms. The summed E-state index contributed by atoms with van der Waals surface area (Å²) in [5.74, 6) is 6.90. The van der Waals surface area contributed by atoms with E-state index in [0.29, 0.717) is 5.41 Å². The van der Waals surface area contributed by atoms with Gasteiger partial charge in [-0.2, -0.15) is 0 Å². The van der Waals surface area contributed by atoms with Gasteiger partial charge in [0.05, 0.1) is 5.41 Å². The zero-order valence-corrected chi connectivity index (χ0v) is 27.3. The van der Waals surface area contributed by atoms with Crippen molar-refractivity contribution in [1.82, 2.24) is 15.0 Å². The fraction of sp³-hybridized carbons (Fsp3) is 0.267. The molecule has 12 rings (SSSR count). The van der Waals surface area contributed by atoms with Crippen molar-refractivity contribution in [2.75, 3.05) is 0 Å². The van der Waals surface area contributed by atoms with Gasteiger partial charge in [0.1, 0.15) is 17.3 Å². The second-order valence-corrected chi connectivity index (χ2v) is 15.9. The van der Waals surface area contributed by atoms with Gasteiger partial charge >= 0.3 is 0 Å². The molecule has 5 aliphatic carbocycles. The van der Waals surface area contributed by atoms with E-state index in [0.717, 1.165) is 63.4 Å². The Morgan fingerprint density at radius 1 is 0.531 bits per heavy atom. The second kappa shape index (κ2) is 9.12. The third kappa shape index (κ3) is 3.28. The first-order valence-electron chi connectivity index (χ1n) is 18.1. The molecule has 1 aromatic heterocycles. The smallest absolute Gasteiger partial charge is 0.163 e. The van der Waals surface area contributed by atoms with Gasteiger partial charge in [-0.15, -0.1) is 0 Å². The molecule has 5 atom stereocenters. The third-order valence-electron chi connectivity index (χ3n) is 13.7. The Hall–Kier alpha value is -5.09. The van der Waals surface area contributed by atoms with Crippen molar-refractivity contribution in [1.29, 1.82) is 0 Å². The van der Waals surface area contributed by atoms with Crippen LogP contribution in [-0.4, -0.2) is 15.0 Å². The summed E-state index contributed by atoms with van der Waals surface area (Å²) in [6.45, 7) is 0. The standard InChI is InChI=1S/C45H35N3O/c1-2-10-28(11-3-1)40-46-41(48-42(47-40)43-23-27-20-30-22-31(25-43)44(30,24-27)26-43)29-18-19-37-39(21-29)49-38-17-9-8-16-36(38)45(37)34-14-6-4-12-32(34)33-13-5-7-15-35(33)45/h1-19,21,27,30-31H,20,22-26H2/t27-,30+,31?,43?,44-/m1/s1. The SMILES string of the molecule is c1ccc(-c2nc(-c3ccc4c(c3)Oc3ccccc3C43c4ccccc4-c4ccccc43)nc(C34CC5C[C@@H]6C[C@H](C3)C[C@]56C4)n2)cc1. The molecule has 3 bridgehead atoms. The number of aromatic nitrogens is 3. The molecule has 4 nitrogen and oxygen atoms in total. The molecule has 0 radical (unpaired) electrons. The predicted octanol–water partition coefficient (Wildman–Crippen LogP) is 10.1. The fourth-order valence-electron chi connectivity index (χ4n) is 12.1. The lowest BCUT2D eigenvalue weighted by Crippen LogP contribution is -2.42. The van der Waals surface area contributed by atoms with E-state index < -0.39 is 5.41 Å². The largest absolute Gasteiger partial charge is 0.457 e. The number of benzene rings is 5. The maximum atomic E-state index is 6.85. The molecule has 49 heavy (non-hydrogen) atoms. The number of nitrogens with zero attached hydrogens (tertiary/aromatic N) is 3. The predicted molar refractivity (Wildman–Crippen MR) is 190 cm³/mol. The number of para-hydroxylation sites is 1. The minimum absolute atomic E-state index is 0.0605. The van der Waals surface area contributed by atoms with E-state index in [1.54, 1.807) is 0 Å². The fourth-order valence-corrected chi connectivity index (χ4v) is 12.1. The lowest BCUT2D eigenvalue weighted by molar-refractivity contribution is -0.000324. The van der Waals surface area contributed by atoms with E-state index in [9.17, 15) is 0 Å². The summed E-state index contributed by atoms with van der Waals surface area (Å²) in [6, 6.07) is 43.5. The first-order valence-corrected chi connectivity index (χ1v) is 18.1. The molecule has 6 aromatic rings. The number of hydrogen-bond donors (Lipinski definition) is 0. The van der Waals surface area contributed by atoms with E-state index >= 15 is 0 Å². The molecule has 0 N–H and O–H groups in total. The number of hydrogen-bond acceptors (Lipinski definition) is 4. The number of rotatable bonds is 3. The molecular weight excluding hydrogens is 599 g/mol. The van der Waals surface area contributed by atoms with Crippen LogP contribution in [0.3, 0.4) is 0 Å². The van der Waals surface area contributed by atoms with Gasteiger partial charge in [0, 0.05) is 27.7 Å². The normalized spacial score (nSPS) is 28.2. The Morgan fingerprint density at radius 3 is 2.00 bits per heavy atom. The highest BCUT2D eigenvalue weighted by Crippen LogP contribution is 2.78. The van der Waals surface area contributed by atoms with Gasteiger partial charge in [-0.05, 0) is 96.1 Å². The number of ether oxygens (including phenoxy) is 1. The molecule has 5 aromatic carbocycles. The van der Waals surface area contributed by atoms with Crippen LogP contribution in [0.4, 0.5) is 0 Å². The van der Waals surface area contributed by atoms with Crippen molar-refractivity contribution < 1.29 is 4.74 Å². The molecule has 0 amide bonds. The highest BCUT2D eigenvalue weighted by atomic mass is 16.5. The monoisotopic (exact) mass is 633 g/mol. The molecule has 6 aliphatic rings. The molecule has 2 heterocycles. The molecule has 0 saturated heterocycles. The Kier molecular flexibility index (Phi) is 4.99. The topological polar surface area (TPSA) is 47.9 Å². The first kappa shape index (κ1) is 26.8. The Labute approximate surface area is 286 Å². The zero-order valence-electron chi connectivity index (χ0n) is 27.3. The quantitative estimate of drug-likeness (QED) is 0.194. The third-order valence-corrected chi connectivity index (χ3v) is 13.7. The summed E-state index contributed by atoms with van der Waals surface area (Å²) >= 11 is 0. The van der Waals surface area contributed by atoms with Crippen LogP contribution in [0.2, 0.25) is 0 Å². The van der Waals surface area contributed by atoms with Gasteiger partial charge in [0.25, 0.3) is 0 Å². The van der Waals surface area contributed by atoms with Crippen molar-refractivity contribution in [2.24, 2.45) is 23.2 Å². The Morgan fingerprint density at radius 2 is 1.20 bits per heavy atom. The molecule has 4 saturated carbocycles. The van der Waals surface area contributed by atoms with Crippen LogP contribution in [0.1, 0.15) is 66.6 Å². The minimum atomic E-state index is -0.478. The van der Waals surface area contributed by atoms with Gasteiger partial charge in [0.2, 0.25) is 0 Å². The molecule has 2 unspecified atom stereocenters. The van der Waals surface area contributed by atoms with Crippen LogP contribution >= 0.6 is 0 Å². The summed E-state index contributed by atoms with van der Waals surface area (Å²) in [4.78, 5) is 16.0. The first-order chi connectivity index (χ1) is 24.1. The molecular formula is C45H35N3O. The van der Waals surface area contributed by atoms with Crippen LogP contribution in [-0.2, 0) is 10.8 Å². The number of fused-ring (bicyclic) bond motifs is 11. The minimum Gasteiger partial charge on any atom is -0.457 e. The van der Waals surface area contributed by atoms with Crippen molar-refractivity contribution in [2.45, 2.75) is 49.4 Å². The Balaban J connectivity index is 1.07. The highest BCUT2D eigenvalue weighted by Gasteiger charge is 2.71. The zero-order chi connectivity index (χ0) is 32.0. The van der Waals surface area contributed by atoms with Gasteiger partial charge in [0.15, 0.2) is 11.6 Å². The molecule has 236 valence electrons. The van der Waals surface area contributed by atoms with Gasteiger partial charge < -0.3 is 4.74 Å². The van der Waals surface area contributed by atoms with E-state index in [-0.39, 0.29) is 5.41 Å². The van der Waals surface area contributed by atoms with Crippen molar-refractivity contribution in [3.63, 3.8) is 0 Å². The molecule has 4 heteroatoms. The van der Waals surface area contributed by atoms with E-state index in [1.807, 2.05) is 0 Å². The van der Waals surface area contributed by atoms with Crippen LogP contribution in [0.5, 0.6) is 11.5 Å². The van der Waals surface area contributed by atoms with Crippen LogP contribution in [0, 0.1) is 23.2 Å². The van der Waals surface area contributed by atoms with E-state index in [1.165, 1.54) is 66.3 Å². The average molecular weight is 634 g/mol. The van der Waals surface area contributed by atoms with Crippen LogP contribution in [0.15, 0.2) is 121 Å². The maximum Gasteiger partial charge on any atom is 0.163 e. The van der Waals surface area contributed by atoms with Crippen molar-refractivity contribution in [3.05, 3.63) is 149 Å². The lowest BCUT2D eigenvalue weighted by atomic mass is 9.55. The lowest BCUT2D eigenvalue weighted by Gasteiger charge is -2.49. The summed E-state index contributed by atoms with van der Waals surface area (Å²) in [5.41, 5.74) is 9.66. The summed E-state index contributed by atoms with van der Waals surface area (Å²) < 4.78 is 6.85.